The molecule has 1 aliphatic rings. The van der Waals surface area contributed by atoms with Gasteiger partial charge in [0.05, 0.1) is 0 Å². The summed E-state index contributed by atoms with van der Waals surface area (Å²) in [7, 11) is -1.70. The molecule has 1 N–H and O–H groups in total. The number of aliphatic hydroxyl groups is 1. The van der Waals surface area contributed by atoms with Crippen LogP contribution in [0.5, 0.6) is 0 Å². The summed E-state index contributed by atoms with van der Waals surface area (Å²) >= 11 is 0. The maximum atomic E-state index is 12.3. The SMILES string of the molecule is Cc1nc(S(=O)(=O)N2CCC(CO)CC2)cn1C. The molecule has 2 heterocycles. The van der Waals surface area contributed by atoms with E-state index in [0.29, 0.717) is 31.8 Å². The molecule has 1 aromatic rings. The summed E-state index contributed by atoms with van der Waals surface area (Å²) in [5.41, 5.74) is 0. The van der Waals surface area contributed by atoms with Crippen LogP contribution in [0.1, 0.15) is 18.7 Å². The van der Waals surface area contributed by atoms with Crippen LogP contribution in [-0.2, 0) is 17.1 Å². The molecule has 0 saturated carbocycles. The van der Waals surface area contributed by atoms with Crippen molar-refractivity contribution in [2.75, 3.05) is 19.7 Å². The summed E-state index contributed by atoms with van der Waals surface area (Å²) in [6.07, 6.45) is 2.96. The maximum Gasteiger partial charge on any atom is 0.262 e. The lowest BCUT2D eigenvalue weighted by Crippen LogP contribution is -2.39. The van der Waals surface area contributed by atoms with Crippen LogP contribution in [0.3, 0.4) is 0 Å². The highest BCUT2D eigenvalue weighted by molar-refractivity contribution is 7.89. The van der Waals surface area contributed by atoms with Crippen molar-refractivity contribution < 1.29 is 13.5 Å². The van der Waals surface area contributed by atoms with E-state index in [9.17, 15) is 8.42 Å². The molecule has 1 fully saturated rings. The van der Waals surface area contributed by atoms with Crippen molar-refractivity contribution >= 4 is 10.0 Å². The molecule has 0 amide bonds. The van der Waals surface area contributed by atoms with Gasteiger partial charge in [-0.2, -0.15) is 4.31 Å². The summed E-state index contributed by atoms with van der Waals surface area (Å²) in [4.78, 5) is 4.08. The lowest BCUT2D eigenvalue weighted by molar-refractivity contribution is 0.170. The van der Waals surface area contributed by atoms with E-state index in [0.717, 1.165) is 0 Å². The fourth-order valence-corrected chi connectivity index (χ4v) is 3.61. The van der Waals surface area contributed by atoms with Crippen LogP contribution in [0.15, 0.2) is 11.2 Å². The first-order valence-corrected chi connectivity index (χ1v) is 7.50. The second kappa shape index (κ2) is 4.99. The number of rotatable bonds is 3. The van der Waals surface area contributed by atoms with E-state index in [2.05, 4.69) is 4.98 Å². The summed E-state index contributed by atoms with van der Waals surface area (Å²) < 4.78 is 27.8. The monoisotopic (exact) mass is 273 g/mol. The molecule has 0 radical (unpaired) electrons. The smallest absolute Gasteiger partial charge is 0.262 e. The van der Waals surface area contributed by atoms with E-state index in [1.807, 2.05) is 0 Å². The van der Waals surface area contributed by atoms with E-state index < -0.39 is 10.0 Å². The van der Waals surface area contributed by atoms with Crippen molar-refractivity contribution in [1.29, 1.82) is 0 Å². The number of imidazole rings is 1. The average molecular weight is 273 g/mol. The molecule has 7 heteroatoms. The molecule has 0 spiro atoms. The Bertz CT molecular complexity index is 496. The average Bonchev–Trinajstić information content (AvgIpc) is 2.70. The Kier molecular flexibility index (Phi) is 3.74. The molecular formula is C11H19N3O3S. The van der Waals surface area contributed by atoms with E-state index in [-0.39, 0.29) is 17.6 Å². The molecule has 0 atom stereocenters. The quantitative estimate of drug-likeness (QED) is 0.849. The molecular weight excluding hydrogens is 254 g/mol. The van der Waals surface area contributed by atoms with E-state index in [4.69, 9.17) is 5.11 Å². The molecule has 0 unspecified atom stereocenters. The summed E-state index contributed by atoms with van der Waals surface area (Å²) in [5.74, 6) is 0.903. The van der Waals surface area contributed by atoms with Crippen molar-refractivity contribution in [3.63, 3.8) is 0 Å². The highest BCUT2D eigenvalue weighted by Crippen LogP contribution is 2.22. The van der Waals surface area contributed by atoms with Crippen LogP contribution in [0.2, 0.25) is 0 Å². The lowest BCUT2D eigenvalue weighted by Gasteiger charge is -2.29. The van der Waals surface area contributed by atoms with Crippen molar-refractivity contribution in [2.24, 2.45) is 13.0 Å². The minimum absolute atomic E-state index is 0.116. The van der Waals surface area contributed by atoms with Gasteiger partial charge in [-0.25, -0.2) is 13.4 Å². The van der Waals surface area contributed by atoms with E-state index in [1.54, 1.807) is 24.7 Å². The Hall–Kier alpha value is -0.920. The Morgan fingerprint density at radius 3 is 2.50 bits per heavy atom. The standard InChI is InChI=1S/C11H19N3O3S/c1-9-12-11(7-13(9)2)18(16,17)14-5-3-10(8-15)4-6-14/h7,10,15H,3-6,8H2,1-2H3. The van der Waals surface area contributed by atoms with Crippen LogP contribution in [0, 0.1) is 12.8 Å². The zero-order valence-electron chi connectivity index (χ0n) is 10.7. The summed E-state index contributed by atoms with van der Waals surface area (Å²) in [5, 5.41) is 9.17. The van der Waals surface area contributed by atoms with Gasteiger partial charge in [-0.05, 0) is 25.7 Å². The van der Waals surface area contributed by atoms with Crippen LogP contribution in [0.4, 0.5) is 0 Å². The Morgan fingerprint density at radius 2 is 2.06 bits per heavy atom. The molecule has 6 nitrogen and oxygen atoms in total. The highest BCUT2D eigenvalue weighted by atomic mass is 32.2. The zero-order chi connectivity index (χ0) is 13.3. The third-order valence-electron chi connectivity index (χ3n) is 3.52. The lowest BCUT2D eigenvalue weighted by atomic mass is 10.00. The number of hydrogen-bond acceptors (Lipinski definition) is 4. The third kappa shape index (κ3) is 2.43. The van der Waals surface area contributed by atoms with Gasteiger partial charge >= 0.3 is 0 Å². The molecule has 18 heavy (non-hydrogen) atoms. The number of aliphatic hydroxyl groups excluding tert-OH is 1. The molecule has 0 bridgehead atoms. The maximum absolute atomic E-state index is 12.3. The number of sulfonamides is 1. The van der Waals surface area contributed by atoms with Crippen LogP contribution in [0.25, 0.3) is 0 Å². The van der Waals surface area contributed by atoms with Crippen molar-refractivity contribution in [2.45, 2.75) is 24.8 Å². The van der Waals surface area contributed by atoms with E-state index in [1.165, 1.54) is 4.31 Å². The fourth-order valence-electron chi connectivity index (χ4n) is 2.12. The predicted octanol–water partition coefficient (Wildman–Crippen LogP) is 0.122. The zero-order valence-corrected chi connectivity index (χ0v) is 11.5. The topological polar surface area (TPSA) is 75.4 Å². The van der Waals surface area contributed by atoms with Gasteiger partial charge in [0.1, 0.15) is 5.82 Å². The van der Waals surface area contributed by atoms with Crippen LogP contribution >= 0.6 is 0 Å². The molecule has 0 aliphatic carbocycles. The van der Waals surface area contributed by atoms with Gasteiger partial charge in [-0.15, -0.1) is 0 Å². The molecule has 102 valence electrons. The highest BCUT2D eigenvalue weighted by Gasteiger charge is 2.30. The first-order chi connectivity index (χ1) is 8.45. The molecule has 2 rings (SSSR count). The Labute approximate surface area is 107 Å². The molecule has 1 aliphatic heterocycles. The number of nitrogens with zero attached hydrogens (tertiary/aromatic N) is 3. The largest absolute Gasteiger partial charge is 0.396 e. The minimum Gasteiger partial charge on any atom is -0.396 e. The summed E-state index contributed by atoms with van der Waals surface area (Å²) in [6.45, 7) is 2.83. The Morgan fingerprint density at radius 1 is 1.44 bits per heavy atom. The van der Waals surface area contributed by atoms with Gasteiger partial charge in [0.25, 0.3) is 10.0 Å². The third-order valence-corrected chi connectivity index (χ3v) is 5.29. The van der Waals surface area contributed by atoms with Crippen LogP contribution < -0.4 is 0 Å². The van der Waals surface area contributed by atoms with Crippen LogP contribution in [-0.4, -0.2) is 47.1 Å². The second-order valence-corrected chi connectivity index (χ2v) is 6.65. The van der Waals surface area contributed by atoms with Crippen molar-refractivity contribution in [3.05, 3.63) is 12.0 Å². The van der Waals surface area contributed by atoms with Gasteiger partial charge < -0.3 is 9.67 Å². The number of hydrogen-bond donors (Lipinski definition) is 1. The van der Waals surface area contributed by atoms with Crippen molar-refractivity contribution in [3.8, 4) is 0 Å². The van der Waals surface area contributed by atoms with Gasteiger partial charge in [0, 0.05) is 32.9 Å². The van der Waals surface area contributed by atoms with Gasteiger partial charge in [-0.1, -0.05) is 0 Å². The number of aryl methyl sites for hydroxylation is 2. The predicted molar refractivity (Wildman–Crippen MR) is 66.5 cm³/mol. The second-order valence-electron chi connectivity index (χ2n) is 4.77. The fraction of sp³-hybridized carbons (Fsp3) is 0.727. The summed E-state index contributed by atoms with van der Waals surface area (Å²) in [6, 6.07) is 0. The van der Waals surface area contributed by atoms with Gasteiger partial charge in [0.2, 0.25) is 0 Å². The minimum atomic E-state index is -3.48. The Balaban J connectivity index is 2.17. The normalized spacial score (nSPS) is 19.3. The number of piperidine rings is 1. The molecule has 1 aromatic heterocycles. The van der Waals surface area contributed by atoms with E-state index >= 15 is 0 Å². The first-order valence-electron chi connectivity index (χ1n) is 6.06. The van der Waals surface area contributed by atoms with Gasteiger partial charge in [-0.3, -0.25) is 0 Å². The molecule has 1 saturated heterocycles. The first kappa shape index (κ1) is 13.5. The van der Waals surface area contributed by atoms with Gasteiger partial charge in [0.15, 0.2) is 5.03 Å². The number of aromatic nitrogens is 2. The molecule has 0 aromatic carbocycles. The van der Waals surface area contributed by atoms with Crippen molar-refractivity contribution in [1.82, 2.24) is 13.9 Å².